The van der Waals surface area contributed by atoms with E-state index in [-0.39, 0.29) is 29.3 Å². The van der Waals surface area contributed by atoms with Crippen LogP contribution in [0.3, 0.4) is 0 Å². The van der Waals surface area contributed by atoms with Gasteiger partial charge in [-0.15, -0.1) is 0 Å². The summed E-state index contributed by atoms with van der Waals surface area (Å²) >= 11 is 5.96. The molecule has 1 aliphatic rings. The summed E-state index contributed by atoms with van der Waals surface area (Å²) in [6.07, 6.45) is 3.09. The van der Waals surface area contributed by atoms with Gasteiger partial charge in [-0.3, -0.25) is 0 Å². The number of rotatable bonds is 5. The molecule has 2 atom stereocenters. The highest BCUT2D eigenvalue weighted by molar-refractivity contribution is 7.89. The molecule has 0 bridgehead atoms. The maximum Gasteiger partial charge on any atom is 0.338 e. The van der Waals surface area contributed by atoms with Crippen LogP contribution in [0.2, 0.25) is 5.02 Å². The van der Waals surface area contributed by atoms with Gasteiger partial charge in [-0.1, -0.05) is 11.6 Å². The van der Waals surface area contributed by atoms with Crippen LogP contribution in [-0.2, 0) is 26.1 Å². The Morgan fingerprint density at radius 1 is 1.13 bits per heavy atom. The van der Waals surface area contributed by atoms with Crippen molar-refractivity contribution in [2.24, 2.45) is 0 Å². The third-order valence-corrected chi connectivity index (χ3v) is 7.00. The Morgan fingerprint density at radius 3 is 2.48 bits per heavy atom. The monoisotopic (exact) mass is 463 g/mol. The zero-order valence-electron chi connectivity index (χ0n) is 17.1. The van der Waals surface area contributed by atoms with E-state index in [1.54, 1.807) is 28.9 Å². The number of sulfonamides is 1. The molecule has 8 nitrogen and oxygen atoms in total. The van der Waals surface area contributed by atoms with Crippen LogP contribution in [0.25, 0.3) is 5.65 Å². The maximum atomic E-state index is 12.9. The van der Waals surface area contributed by atoms with Gasteiger partial charge in [0.2, 0.25) is 10.0 Å². The van der Waals surface area contributed by atoms with E-state index in [9.17, 15) is 13.2 Å². The van der Waals surface area contributed by atoms with Gasteiger partial charge in [0, 0.05) is 25.5 Å². The summed E-state index contributed by atoms with van der Waals surface area (Å²) in [6, 6.07) is 9.24. The average Bonchev–Trinajstić information content (AvgIpc) is 3.13. The minimum absolute atomic E-state index is 0.0122. The molecular formula is C21H22ClN3O5S. The number of fused-ring (bicyclic) bond motifs is 1. The van der Waals surface area contributed by atoms with E-state index < -0.39 is 16.0 Å². The van der Waals surface area contributed by atoms with Crippen molar-refractivity contribution in [1.82, 2.24) is 13.7 Å². The highest BCUT2D eigenvalue weighted by Crippen LogP contribution is 2.22. The fourth-order valence-electron chi connectivity index (χ4n) is 3.55. The van der Waals surface area contributed by atoms with Crippen molar-refractivity contribution in [3.8, 4) is 0 Å². The molecule has 3 aromatic rings. The molecule has 1 aromatic carbocycles. The first kappa shape index (κ1) is 21.8. The Bertz CT molecular complexity index is 1200. The summed E-state index contributed by atoms with van der Waals surface area (Å²) in [5.41, 5.74) is 1.52. The number of halogens is 1. The Hall–Kier alpha value is -2.46. The molecule has 0 saturated carbocycles. The van der Waals surface area contributed by atoms with E-state index in [2.05, 4.69) is 4.98 Å². The van der Waals surface area contributed by atoms with Crippen LogP contribution in [0.15, 0.2) is 53.7 Å². The normalized spacial score (nSPS) is 20.1. The number of carbonyl (C=O) groups is 1. The average molecular weight is 464 g/mol. The number of benzene rings is 1. The smallest absolute Gasteiger partial charge is 0.338 e. The van der Waals surface area contributed by atoms with Crippen LogP contribution in [0.5, 0.6) is 0 Å². The summed E-state index contributed by atoms with van der Waals surface area (Å²) in [5.74, 6) is -0.562. The fourth-order valence-corrected chi connectivity index (χ4v) is 5.31. The third-order valence-electron chi connectivity index (χ3n) is 4.93. The van der Waals surface area contributed by atoms with Crippen molar-refractivity contribution in [3.05, 3.63) is 65.1 Å². The van der Waals surface area contributed by atoms with Gasteiger partial charge in [0.05, 0.1) is 33.4 Å². The van der Waals surface area contributed by atoms with Crippen molar-refractivity contribution in [2.75, 3.05) is 13.1 Å². The van der Waals surface area contributed by atoms with Gasteiger partial charge in [-0.25, -0.2) is 18.2 Å². The quantitative estimate of drug-likeness (QED) is 0.540. The number of esters is 1. The van der Waals surface area contributed by atoms with Gasteiger partial charge < -0.3 is 13.9 Å². The summed E-state index contributed by atoms with van der Waals surface area (Å²) in [6.45, 7) is 4.26. The zero-order valence-corrected chi connectivity index (χ0v) is 18.6. The highest BCUT2D eigenvalue weighted by Gasteiger charge is 2.32. The van der Waals surface area contributed by atoms with Crippen LogP contribution in [0.1, 0.15) is 29.9 Å². The lowest BCUT2D eigenvalue weighted by Gasteiger charge is -2.34. The predicted molar refractivity (Wildman–Crippen MR) is 115 cm³/mol. The lowest BCUT2D eigenvalue weighted by atomic mass is 10.2. The van der Waals surface area contributed by atoms with Crippen molar-refractivity contribution in [3.63, 3.8) is 0 Å². The molecule has 0 spiro atoms. The molecule has 0 amide bonds. The number of nitrogens with zero attached hydrogens (tertiary/aromatic N) is 3. The molecule has 0 unspecified atom stereocenters. The predicted octanol–water partition coefficient (Wildman–Crippen LogP) is 3.14. The topological polar surface area (TPSA) is 90.2 Å². The van der Waals surface area contributed by atoms with Gasteiger partial charge >= 0.3 is 5.97 Å². The van der Waals surface area contributed by atoms with E-state index in [1.807, 2.05) is 13.8 Å². The van der Waals surface area contributed by atoms with Gasteiger partial charge in [-0.05, 0) is 50.2 Å². The van der Waals surface area contributed by atoms with Gasteiger partial charge in [0.15, 0.2) is 0 Å². The standard InChI is InChI=1S/C21H22ClN3O5S/c1-14-9-25(10-15(2)30-14)31(27,28)19-6-3-16(4-7-19)21(26)29-13-18-12-24-11-17(22)5-8-20(24)23-18/h3-8,11-12,14-15H,9-10,13H2,1-2H3/t14-,15-/m1/s1. The van der Waals surface area contributed by atoms with Crippen LogP contribution >= 0.6 is 11.6 Å². The van der Waals surface area contributed by atoms with Crippen molar-refractivity contribution in [1.29, 1.82) is 0 Å². The molecular weight excluding hydrogens is 442 g/mol. The first-order valence-electron chi connectivity index (χ1n) is 9.78. The van der Waals surface area contributed by atoms with Crippen molar-refractivity contribution >= 4 is 33.2 Å². The lowest BCUT2D eigenvalue weighted by molar-refractivity contribution is -0.0440. The Labute approximate surface area is 185 Å². The van der Waals surface area contributed by atoms with Crippen LogP contribution in [-0.4, -0.2) is 53.4 Å². The van der Waals surface area contributed by atoms with Crippen LogP contribution < -0.4 is 0 Å². The summed E-state index contributed by atoms with van der Waals surface area (Å²) in [7, 11) is -3.67. The number of hydrogen-bond acceptors (Lipinski definition) is 6. The third kappa shape index (κ3) is 4.74. The number of hydrogen-bond donors (Lipinski definition) is 0. The second-order valence-corrected chi connectivity index (χ2v) is 9.90. The lowest BCUT2D eigenvalue weighted by Crippen LogP contribution is -2.48. The molecule has 2 aromatic heterocycles. The first-order chi connectivity index (χ1) is 14.7. The molecule has 0 aliphatic carbocycles. The highest BCUT2D eigenvalue weighted by atomic mass is 35.5. The van der Waals surface area contributed by atoms with Crippen molar-refractivity contribution in [2.45, 2.75) is 37.6 Å². The molecule has 1 aliphatic heterocycles. The van der Waals surface area contributed by atoms with Crippen LogP contribution in [0, 0.1) is 0 Å². The molecule has 1 fully saturated rings. The molecule has 1 saturated heterocycles. The molecule has 0 radical (unpaired) electrons. The first-order valence-corrected chi connectivity index (χ1v) is 11.6. The van der Waals surface area contributed by atoms with Gasteiger partial charge in [0.1, 0.15) is 12.3 Å². The number of pyridine rings is 1. The molecule has 10 heteroatoms. The van der Waals surface area contributed by atoms with E-state index in [1.165, 1.54) is 28.6 Å². The van der Waals surface area contributed by atoms with Gasteiger partial charge in [-0.2, -0.15) is 4.31 Å². The molecule has 3 heterocycles. The van der Waals surface area contributed by atoms with Crippen molar-refractivity contribution < 1.29 is 22.7 Å². The van der Waals surface area contributed by atoms with E-state index in [0.29, 0.717) is 29.5 Å². The van der Waals surface area contributed by atoms with E-state index in [4.69, 9.17) is 21.1 Å². The molecule has 4 rings (SSSR count). The maximum absolute atomic E-state index is 12.9. The minimum atomic E-state index is -3.67. The second-order valence-electron chi connectivity index (χ2n) is 7.52. The second kappa shape index (κ2) is 8.58. The van der Waals surface area contributed by atoms with E-state index in [0.717, 1.165) is 0 Å². The number of imidazole rings is 1. The molecule has 164 valence electrons. The summed E-state index contributed by atoms with van der Waals surface area (Å²) < 4.78 is 39.9. The minimum Gasteiger partial charge on any atom is -0.456 e. The van der Waals surface area contributed by atoms with Crippen LogP contribution in [0.4, 0.5) is 0 Å². The summed E-state index contributed by atoms with van der Waals surface area (Å²) in [4.78, 5) is 16.9. The SMILES string of the molecule is C[C@@H]1CN(S(=O)(=O)c2ccc(C(=O)OCc3cn4cc(Cl)ccc4n3)cc2)C[C@@H](C)O1. The molecule has 0 N–H and O–H groups in total. The molecule has 31 heavy (non-hydrogen) atoms. The Morgan fingerprint density at radius 2 is 1.81 bits per heavy atom. The number of aromatic nitrogens is 2. The Balaban J connectivity index is 1.42. The fraction of sp³-hybridized carbons (Fsp3) is 0.333. The number of ether oxygens (including phenoxy) is 2. The van der Waals surface area contributed by atoms with E-state index >= 15 is 0 Å². The largest absolute Gasteiger partial charge is 0.456 e. The number of morpholine rings is 1. The zero-order chi connectivity index (χ0) is 22.2. The summed E-state index contributed by atoms with van der Waals surface area (Å²) in [5, 5.41) is 0.574. The number of carbonyl (C=O) groups excluding carboxylic acids is 1. The van der Waals surface area contributed by atoms with Gasteiger partial charge in [0.25, 0.3) is 0 Å². The Kier molecular flexibility index (Phi) is 6.02.